The van der Waals surface area contributed by atoms with Crippen molar-refractivity contribution in [1.29, 1.82) is 0 Å². The zero-order chi connectivity index (χ0) is 29.4. The maximum atomic E-state index is 15.5. The Balaban J connectivity index is 1.75. The highest BCUT2D eigenvalue weighted by molar-refractivity contribution is 7.23. The smallest absolute Gasteiger partial charge is 0.322 e. The van der Waals surface area contributed by atoms with Gasteiger partial charge in [-0.05, 0) is 67.3 Å². The standard InChI is InChI=1S/C30H25FN6O3S/c1-5-22(38)37-25-14(2)6-8-18(16(25)4)26-23(24-27(41-26)19(29(33)39)13-35-28(24)32)17-7-9-21(20(31)12-17)40-30-34-11-10-15(3)36-30/h5-13H,1H2,2-4H3,(H2,32,35)(H2,33,39)(H,37,38). The molecule has 0 spiro atoms. The first-order chi connectivity index (χ1) is 19.6. The highest BCUT2D eigenvalue weighted by atomic mass is 32.1. The molecule has 0 aliphatic rings. The van der Waals surface area contributed by atoms with E-state index in [4.69, 9.17) is 16.2 Å². The summed E-state index contributed by atoms with van der Waals surface area (Å²) in [7, 11) is 0. The Morgan fingerprint density at radius 1 is 1.12 bits per heavy atom. The number of carbonyl (C=O) groups is 2. The van der Waals surface area contributed by atoms with Crippen LogP contribution in [0, 0.1) is 26.6 Å². The van der Waals surface area contributed by atoms with Gasteiger partial charge < -0.3 is 21.5 Å². The first kappa shape index (κ1) is 27.4. The van der Waals surface area contributed by atoms with Gasteiger partial charge in [0.25, 0.3) is 5.91 Å². The van der Waals surface area contributed by atoms with Crippen molar-refractivity contribution in [1.82, 2.24) is 15.0 Å². The Bertz CT molecular complexity index is 1880. The van der Waals surface area contributed by atoms with Gasteiger partial charge in [0, 0.05) is 39.6 Å². The summed E-state index contributed by atoms with van der Waals surface area (Å²) in [6.45, 7) is 9.05. The monoisotopic (exact) mass is 568 g/mol. The van der Waals surface area contributed by atoms with Crippen LogP contribution < -0.4 is 21.5 Å². The van der Waals surface area contributed by atoms with Gasteiger partial charge in [0.2, 0.25) is 5.91 Å². The summed E-state index contributed by atoms with van der Waals surface area (Å²) in [4.78, 5) is 37.6. The Labute approximate surface area is 238 Å². The molecule has 0 bridgehead atoms. The fourth-order valence-corrected chi connectivity index (χ4v) is 5.96. The SMILES string of the molecule is C=CC(=O)Nc1c(C)ccc(-c2sc3c(C(N)=O)cnc(N)c3c2-c2ccc(Oc3nccc(C)n3)c(F)c2)c1C. The number of aromatic nitrogens is 3. The number of fused-ring (bicyclic) bond motifs is 1. The quantitative estimate of drug-likeness (QED) is 0.202. The summed E-state index contributed by atoms with van der Waals surface area (Å²) >= 11 is 1.28. The van der Waals surface area contributed by atoms with Crippen LogP contribution in [0.3, 0.4) is 0 Å². The fourth-order valence-electron chi connectivity index (χ4n) is 4.54. The Hall–Kier alpha value is -5.16. The lowest BCUT2D eigenvalue weighted by atomic mass is 9.94. The summed E-state index contributed by atoms with van der Waals surface area (Å²) in [5.74, 6) is -1.60. The topological polar surface area (TPSA) is 146 Å². The zero-order valence-electron chi connectivity index (χ0n) is 22.4. The van der Waals surface area contributed by atoms with E-state index in [0.717, 1.165) is 16.7 Å². The van der Waals surface area contributed by atoms with E-state index in [9.17, 15) is 9.59 Å². The van der Waals surface area contributed by atoms with Gasteiger partial charge in [0.15, 0.2) is 11.6 Å². The summed E-state index contributed by atoms with van der Waals surface area (Å²) in [6.07, 6.45) is 4.05. The third kappa shape index (κ3) is 5.10. The number of hydrogen-bond donors (Lipinski definition) is 3. The number of nitrogens with one attached hydrogen (secondary N) is 1. The number of nitrogen functional groups attached to an aromatic ring is 1. The highest BCUT2D eigenvalue weighted by Gasteiger charge is 2.25. The average molecular weight is 569 g/mol. The van der Waals surface area contributed by atoms with E-state index in [1.165, 1.54) is 41.9 Å². The number of anilines is 2. The molecule has 3 aromatic heterocycles. The molecular weight excluding hydrogens is 543 g/mol. The Morgan fingerprint density at radius 3 is 2.59 bits per heavy atom. The molecule has 0 fully saturated rings. The summed E-state index contributed by atoms with van der Waals surface area (Å²) in [6, 6.07) is 9.96. The first-order valence-corrected chi connectivity index (χ1v) is 13.2. The van der Waals surface area contributed by atoms with Gasteiger partial charge in [-0.25, -0.2) is 19.3 Å². The number of hydrogen-bond acceptors (Lipinski definition) is 8. The number of nitrogens with two attached hydrogens (primary N) is 2. The van der Waals surface area contributed by atoms with Crippen molar-refractivity contribution in [3.05, 3.63) is 89.6 Å². The Kier molecular flexibility index (Phi) is 7.21. The van der Waals surface area contributed by atoms with Crippen molar-refractivity contribution in [3.8, 4) is 33.3 Å². The van der Waals surface area contributed by atoms with Crippen LogP contribution in [0.2, 0.25) is 0 Å². The number of amides is 2. The second kappa shape index (κ2) is 10.8. The minimum atomic E-state index is -0.672. The van der Waals surface area contributed by atoms with Crippen LogP contribution in [0.4, 0.5) is 15.9 Å². The van der Waals surface area contributed by atoms with Crippen molar-refractivity contribution in [2.24, 2.45) is 5.73 Å². The number of primary amides is 1. The van der Waals surface area contributed by atoms with Crippen molar-refractivity contribution in [2.45, 2.75) is 20.8 Å². The van der Waals surface area contributed by atoms with Crippen LogP contribution in [0.5, 0.6) is 11.8 Å². The predicted octanol–water partition coefficient (Wildman–Crippen LogP) is 6.08. The average Bonchev–Trinajstić information content (AvgIpc) is 3.33. The van der Waals surface area contributed by atoms with Crippen LogP contribution in [-0.4, -0.2) is 26.8 Å². The van der Waals surface area contributed by atoms with E-state index in [0.29, 0.717) is 37.5 Å². The van der Waals surface area contributed by atoms with Gasteiger partial charge in [-0.15, -0.1) is 11.3 Å². The summed E-state index contributed by atoms with van der Waals surface area (Å²) in [5, 5.41) is 3.33. The van der Waals surface area contributed by atoms with Crippen LogP contribution in [-0.2, 0) is 4.79 Å². The fraction of sp³-hybridized carbons (Fsp3) is 0.100. The molecule has 3 heterocycles. The van der Waals surface area contributed by atoms with E-state index in [1.807, 2.05) is 26.0 Å². The maximum absolute atomic E-state index is 15.5. The molecule has 0 aliphatic carbocycles. The molecule has 0 aliphatic heterocycles. The van der Waals surface area contributed by atoms with Crippen LogP contribution in [0.15, 0.2) is 61.4 Å². The van der Waals surface area contributed by atoms with Gasteiger partial charge in [-0.1, -0.05) is 24.8 Å². The van der Waals surface area contributed by atoms with Crippen LogP contribution in [0.25, 0.3) is 31.7 Å². The molecule has 11 heteroatoms. The lowest BCUT2D eigenvalue weighted by Gasteiger charge is -2.16. The number of benzene rings is 2. The van der Waals surface area contributed by atoms with Gasteiger partial charge in [-0.3, -0.25) is 9.59 Å². The van der Waals surface area contributed by atoms with Gasteiger partial charge >= 0.3 is 6.01 Å². The number of nitrogens with zero attached hydrogens (tertiary/aromatic N) is 3. The lowest BCUT2D eigenvalue weighted by molar-refractivity contribution is -0.111. The van der Waals surface area contributed by atoms with E-state index in [2.05, 4.69) is 26.8 Å². The molecule has 206 valence electrons. The molecule has 0 unspecified atom stereocenters. The van der Waals surface area contributed by atoms with E-state index >= 15 is 4.39 Å². The summed E-state index contributed by atoms with van der Waals surface area (Å²) in [5.41, 5.74) is 16.9. The number of carbonyl (C=O) groups excluding carboxylic acids is 2. The minimum absolute atomic E-state index is 0.0160. The molecular formula is C30H25FN6O3S. The molecule has 0 atom stereocenters. The molecule has 2 aromatic carbocycles. The number of halogens is 1. The third-order valence-electron chi connectivity index (χ3n) is 6.55. The van der Waals surface area contributed by atoms with Gasteiger partial charge in [0.05, 0.1) is 10.3 Å². The van der Waals surface area contributed by atoms with Crippen molar-refractivity contribution >= 4 is 44.7 Å². The molecule has 9 nitrogen and oxygen atoms in total. The van der Waals surface area contributed by atoms with Crippen molar-refractivity contribution < 1.29 is 18.7 Å². The number of ether oxygens (including phenoxy) is 1. The highest BCUT2D eigenvalue weighted by Crippen LogP contribution is 2.49. The van der Waals surface area contributed by atoms with Gasteiger partial charge in [-0.2, -0.15) is 0 Å². The molecule has 5 N–H and O–H groups in total. The maximum Gasteiger partial charge on any atom is 0.322 e. The van der Waals surface area contributed by atoms with Gasteiger partial charge in [0.1, 0.15) is 5.82 Å². The molecule has 5 aromatic rings. The molecule has 41 heavy (non-hydrogen) atoms. The van der Waals surface area contributed by atoms with Crippen LogP contribution >= 0.6 is 11.3 Å². The molecule has 0 saturated carbocycles. The number of aryl methyl sites for hydroxylation is 2. The van der Waals surface area contributed by atoms with Crippen molar-refractivity contribution in [2.75, 3.05) is 11.1 Å². The van der Waals surface area contributed by atoms with E-state index in [-0.39, 0.29) is 29.0 Å². The van der Waals surface area contributed by atoms with Crippen LogP contribution in [0.1, 0.15) is 27.2 Å². The lowest BCUT2D eigenvalue weighted by Crippen LogP contribution is -2.11. The second-order valence-electron chi connectivity index (χ2n) is 9.28. The van der Waals surface area contributed by atoms with Crippen molar-refractivity contribution in [3.63, 3.8) is 0 Å². The number of thiophene rings is 1. The zero-order valence-corrected chi connectivity index (χ0v) is 23.2. The largest absolute Gasteiger partial charge is 0.421 e. The predicted molar refractivity (Wildman–Crippen MR) is 159 cm³/mol. The normalized spacial score (nSPS) is 10.9. The second-order valence-corrected chi connectivity index (χ2v) is 10.3. The first-order valence-electron chi connectivity index (χ1n) is 12.4. The molecule has 0 radical (unpaired) electrons. The molecule has 0 saturated heterocycles. The molecule has 2 amide bonds. The number of pyridine rings is 1. The molecule has 5 rings (SSSR count). The summed E-state index contributed by atoms with van der Waals surface area (Å²) < 4.78 is 21.6. The van der Waals surface area contributed by atoms with E-state index in [1.54, 1.807) is 19.1 Å². The Morgan fingerprint density at radius 2 is 1.90 bits per heavy atom. The third-order valence-corrected chi connectivity index (χ3v) is 7.81. The number of rotatable bonds is 7. The van der Waals surface area contributed by atoms with E-state index < -0.39 is 11.7 Å². The minimum Gasteiger partial charge on any atom is -0.421 e.